The number of rotatable bonds is 4. The van der Waals surface area contributed by atoms with Gasteiger partial charge in [-0.3, -0.25) is 0 Å². The predicted octanol–water partition coefficient (Wildman–Crippen LogP) is 3.90. The highest BCUT2D eigenvalue weighted by Gasteiger charge is 2.44. The third kappa shape index (κ3) is 2.96. The predicted molar refractivity (Wildman–Crippen MR) is 107 cm³/mol. The van der Waals surface area contributed by atoms with Crippen LogP contribution in [-0.2, 0) is 16.8 Å². The Morgan fingerprint density at radius 3 is 2.79 bits per heavy atom. The number of aromatic nitrogens is 1. The number of amides is 2. The SMILES string of the molecule is CC1(CNCc2nc3cc(Cl)c4c(c3o2)C2(CCCCC2)NC(=O)N4)COC1. The summed E-state index contributed by atoms with van der Waals surface area (Å²) in [5, 5.41) is 9.98. The molecule has 1 saturated heterocycles. The van der Waals surface area contributed by atoms with Gasteiger partial charge in [0.05, 0.1) is 36.0 Å². The van der Waals surface area contributed by atoms with Gasteiger partial charge in [0, 0.05) is 17.5 Å². The average Bonchev–Trinajstić information content (AvgIpc) is 3.03. The van der Waals surface area contributed by atoms with Crippen LogP contribution >= 0.6 is 11.6 Å². The summed E-state index contributed by atoms with van der Waals surface area (Å²) in [6.07, 6.45) is 5.08. The second kappa shape index (κ2) is 6.61. The molecule has 28 heavy (non-hydrogen) atoms. The van der Waals surface area contributed by atoms with E-state index in [2.05, 4.69) is 27.9 Å². The molecule has 0 atom stereocenters. The molecule has 7 nitrogen and oxygen atoms in total. The second-order valence-electron chi connectivity index (χ2n) is 8.69. The molecule has 2 aliphatic heterocycles. The van der Waals surface area contributed by atoms with Crippen LogP contribution in [0.1, 0.15) is 50.5 Å². The van der Waals surface area contributed by atoms with Gasteiger partial charge < -0.3 is 25.1 Å². The van der Waals surface area contributed by atoms with Crippen LogP contribution in [0, 0.1) is 5.41 Å². The van der Waals surface area contributed by atoms with Crippen molar-refractivity contribution in [3.05, 3.63) is 22.5 Å². The molecule has 0 radical (unpaired) electrons. The number of oxazole rings is 1. The Balaban J connectivity index is 1.51. The Bertz CT molecular complexity index is 931. The first-order valence-electron chi connectivity index (χ1n) is 9.98. The Labute approximate surface area is 168 Å². The number of hydrogen-bond donors (Lipinski definition) is 3. The van der Waals surface area contributed by atoms with Crippen molar-refractivity contribution in [3.8, 4) is 0 Å². The minimum absolute atomic E-state index is 0.189. The van der Waals surface area contributed by atoms with Gasteiger partial charge in [-0.25, -0.2) is 9.78 Å². The fraction of sp³-hybridized carbons (Fsp3) is 0.600. The molecule has 3 aliphatic rings. The van der Waals surface area contributed by atoms with Gasteiger partial charge in [0.25, 0.3) is 0 Å². The van der Waals surface area contributed by atoms with Crippen molar-refractivity contribution in [2.75, 3.05) is 25.1 Å². The lowest BCUT2D eigenvalue weighted by atomic mass is 9.74. The number of hydrogen-bond acceptors (Lipinski definition) is 5. The molecule has 5 rings (SSSR count). The van der Waals surface area contributed by atoms with Crippen LogP contribution in [0.3, 0.4) is 0 Å². The molecule has 1 saturated carbocycles. The maximum absolute atomic E-state index is 12.3. The van der Waals surface area contributed by atoms with Crippen molar-refractivity contribution in [3.63, 3.8) is 0 Å². The minimum atomic E-state index is -0.431. The van der Waals surface area contributed by atoms with E-state index in [0.29, 0.717) is 23.1 Å². The normalized spacial score (nSPS) is 22.4. The number of carbonyl (C=O) groups is 1. The van der Waals surface area contributed by atoms with Crippen molar-refractivity contribution in [2.24, 2.45) is 5.41 Å². The Hall–Kier alpha value is -1.83. The van der Waals surface area contributed by atoms with E-state index in [0.717, 1.165) is 62.1 Å². The number of ether oxygens (including phenoxy) is 1. The van der Waals surface area contributed by atoms with Gasteiger partial charge in [-0.1, -0.05) is 37.8 Å². The third-order valence-electron chi connectivity index (χ3n) is 6.18. The summed E-state index contributed by atoms with van der Waals surface area (Å²) in [5.41, 5.74) is 2.84. The van der Waals surface area contributed by atoms with Crippen LogP contribution in [0.4, 0.5) is 10.5 Å². The zero-order valence-corrected chi connectivity index (χ0v) is 16.7. The third-order valence-corrected chi connectivity index (χ3v) is 6.48. The summed E-state index contributed by atoms with van der Waals surface area (Å²) in [5.74, 6) is 0.631. The minimum Gasteiger partial charge on any atom is -0.439 e. The summed E-state index contributed by atoms with van der Waals surface area (Å²) in [4.78, 5) is 17.0. The van der Waals surface area contributed by atoms with E-state index in [4.69, 9.17) is 20.8 Å². The van der Waals surface area contributed by atoms with Crippen LogP contribution in [-0.4, -0.2) is 30.8 Å². The fourth-order valence-electron chi connectivity index (χ4n) is 4.71. The fourth-order valence-corrected chi connectivity index (χ4v) is 4.96. The Morgan fingerprint density at radius 1 is 1.29 bits per heavy atom. The number of nitrogens with one attached hydrogen (secondary N) is 3. The van der Waals surface area contributed by atoms with Crippen molar-refractivity contribution in [1.29, 1.82) is 0 Å². The van der Waals surface area contributed by atoms with Crippen molar-refractivity contribution >= 4 is 34.4 Å². The van der Waals surface area contributed by atoms with E-state index in [1.54, 1.807) is 6.07 Å². The number of fused-ring (bicyclic) bond motifs is 4. The standard InChI is InChI=1S/C20H25ClN4O3/c1-19(10-27-11-19)9-22-8-14-23-13-7-12(21)16-15(17(13)28-14)20(25-18(26)24-16)5-3-2-4-6-20/h7,22H,2-6,8-11H2,1H3,(H2,24,25,26). The first kappa shape index (κ1) is 18.2. The first-order chi connectivity index (χ1) is 13.5. The first-order valence-corrected chi connectivity index (χ1v) is 10.4. The van der Waals surface area contributed by atoms with Gasteiger partial charge in [-0.15, -0.1) is 0 Å². The average molecular weight is 405 g/mol. The molecule has 2 amide bonds. The topological polar surface area (TPSA) is 88.4 Å². The van der Waals surface area contributed by atoms with Gasteiger partial charge in [0.15, 0.2) is 5.58 Å². The molecule has 3 N–H and O–H groups in total. The summed E-state index contributed by atoms with van der Waals surface area (Å²) >= 11 is 6.54. The molecule has 8 heteroatoms. The second-order valence-corrected chi connectivity index (χ2v) is 9.10. The van der Waals surface area contributed by atoms with Crippen LogP contribution < -0.4 is 16.0 Å². The molecule has 2 aromatic rings. The van der Waals surface area contributed by atoms with Gasteiger partial charge >= 0.3 is 6.03 Å². The number of nitrogens with zero attached hydrogens (tertiary/aromatic N) is 1. The molecule has 1 aliphatic carbocycles. The van der Waals surface area contributed by atoms with Gasteiger partial charge in [0.1, 0.15) is 5.52 Å². The lowest BCUT2D eigenvalue weighted by Crippen LogP contribution is -2.52. The van der Waals surface area contributed by atoms with Crippen molar-refractivity contribution in [2.45, 2.75) is 51.1 Å². The highest BCUT2D eigenvalue weighted by molar-refractivity contribution is 6.35. The van der Waals surface area contributed by atoms with Gasteiger partial charge in [-0.2, -0.15) is 0 Å². The van der Waals surface area contributed by atoms with Crippen molar-refractivity contribution in [1.82, 2.24) is 15.6 Å². The molecule has 1 aromatic heterocycles. The molecule has 1 aromatic carbocycles. The summed E-state index contributed by atoms with van der Waals surface area (Å²) < 4.78 is 11.5. The van der Waals surface area contributed by atoms with Gasteiger partial charge in [0.2, 0.25) is 5.89 Å². The van der Waals surface area contributed by atoms with E-state index in [9.17, 15) is 4.79 Å². The smallest absolute Gasteiger partial charge is 0.319 e. The molecule has 3 heterocycles. The van der Waals surface area contributed by atoms with Crippen LogP contribution in [0.5, 0.6) is 0 Å². The molecule has 0 unspecified atom stereocenters. The van der Waals surface area contributed by atoms with Gasteiger partial charge in [-0.05, 0) is 18.9 Å². The summed E-state index contributed by atoms with van der Waals surface area (Å²) in [6, 6.07) is 1.58. The molecule has 1 spiro atoms. The highest BCUT2D eigenvalue weighted by Crippen LogP contribution is 2.48. The maximum Gasteiger partial charge on any atom is 0.319 e. The Morgan fingerprint density at radius 2 is 2.07 bits per heavy atom. The van der Waals surface area contributed by atoms with E-state index in [1.807, 2.05) is 0 Å². The quantitative estimate of drug-likeness (QED) is 0.719. The van der Waals surface area contributed by atoms with E-state index < -0.39 is 5.54 Å². The zero-order chi connectivity index (χ0) is 19.4. The Kier molecular flexibility index (Phi) is 4.30. The molecule has 2 fully saturated rings. The zero-order valence-electron chi connectivity index (χ0n) is 16.0. The van der Waals surface area contributed by atoms with E-state index >= 15 is 0 Å². The monoisotopic (exact) mass is 404 g/mol. The summed E-state index contributed by atoms with van der Waals surface area (Å²) in [6.45, 7) is 5.16. The summed E-state index contributed by atoms with van der Waals surface area (Å²) in [7, 11) is 0. The highest BCUT2D eigenvalue weighted by atomic mass is 35.5. The molecular weight excluding hydrogens is 380 g/mol. The number of anilines is 1. The lowest BCUT2D eigenvalue weighted by molar-refractivity contribution is -0.0993. The van der Waals surface area contributed by atoms with E-state index in [1.165, 1.54) is 6.42 Å². The number of benzene rings is 1. The molecule has 150 valence electrons. The van der Waals surface area contributed by atoms with E-state index in [-0.39, 0.29) is 11.4 Å². The molecule has 0 bridgehead atoms. The largest absolute Gasteiger partial charge is 0.439 e. The number of urea groups is 1. The number of halogens is 1. The van der Waals surface area contributed by atoms with Crippen LogP contribution in [0.15, 0.2) is 10.5 Å². The van der Waals surface area contributed by atoms with Crippen LogP contribution in [0.2, 0.25) is 5.02 Å². The molecular formula is C20H25ClN4O3. The number of carbonyl (C=O) groups excluding carboxylic acids is 1. The van der Waals surface area contributed by atoms with Crippen molar-refractivity contribution < 1.29 is 13.9 Å². The lowest BCUT2D eigenvalue weighted by Gasteiger charge is -2.42. The maximum atomic E-state index is 12.3. The van der Waals surface area contributed by atoms with Crippen LogP contribution in [0.25, 0.3) is 11.1 Å².